The maximum absolute atomic E-state index is 11.5. The monoisotopic (exact) mass is 295 g/mol. The predicted octanol–water partition coefficient (Wildman–Crippen LogP) is 0.611. The first kappa shape index (κ1) is 15.1. The third kappa shape index (κ3) is 4.64. The fraction of sp³-hybridized carbons (Fsp3) is 0.429. The van der Waals surface area contributed by atoms with Crippen molar-refractivity contribution in [2.24, 2.45) is 0 Å². The van der Waals surface area contributed by atoms with E-state index in [1.807, 2.05) is 6.07 Å². The van der Waals surface area contributed by atoms with Crippen molar-refractivity contribution >= 4 is 11.9 Å². The summed E-state index contributed by atoms with van der Waals surface area (Å²) in [6, 6.07) is 5.41. The Bertz CT molecular complexity index is 516. The van der Waals surface area contributed by atoms with Crippen molar-refractivity contribution in [3.05, 3.63) is 23.8 Å². The van der Waals surface area contributed by atoms with Crippen LogP contribution >= 0.6 is 0 Å². The molecule has 0 aliphatic carbocycles. The number of amides is 1. The van der Waals surface area contributed by atoms with Gasteiger partial charge in [-0.05, 0) is 24.6 Å². The van der Waals surface area contributed by atoms with E-state index < -0.39 is 5.97 Å². The van der Waals surface area contributed by atoms with Crippen LogP contribution in [-0.2, 0) is 25.6 Å². The van der Waals surface area contributed by atoms with E-state index in [9.17, 15) is 9.59 Å². The van der Waals surface area contributed by atoms with Crippen LogP contribution in [0.5, 0.6) is 11.5 Å². The molecule has 1 amide bonds. The van der Waals surface area contributed by atoms with E-state index in [4.69, 9.17) is 18.9 Å². The van der Waals surface area contributed by atoms with E-state index in [2.05, 4.69) is 5.32 Å². The fourth-order valence-electron chi connectivity index (χ4n) is 1.68. The number of nitrogens with one attached hydrogen (secondary N) is 1. The van der Waals surface area contributed by atoms with Gasteiger partial charge in [-0.15, -0.1) is 0 Å². The minimum Gasteiger partial charge on any atom is -0.454 e. The highest BCUT2D eigenvalue weighted by molar-refractivity contribution is 5.80. The van der Waals surface area contributed by atoms with Crippen molar-refractivity contribution in [3.8, 4) is 11.5 Å². The zero-order valence-electron chi connectivity index (χ0n) is 11.7. The zero-order chi connectivity index (χ0) is 15.1. The lowest BCUT2D eigenvalue weighted by Crippen LogP contribution is -2.29. The average molecular weight is 295 g/mol. The van der Waals surface area contributed by atoms with Gasteiger partial charge in [-0.3, -0.25) is 4.79 Å². The molecule has 1 aliphatic heterocycles. The van der Waals surface area contributed by atoms with E-state index in [1.54, 1.807) is 19.1 Å². The van der Waals surface area contributed by atoms with Gasteiger partial charge < -0.3 is 24.3 Å². The van der Waals surface area contributed by atoms with Crippen LogP contribution in [-0.4, -0.2) is 38.5 Å². The summed E-state index contributed by atoms with van der Waals surface area (Å²) in [7, 11) is 0. The summed E-state index contributed by atoms with van der Waals surface area (Å²) < 4.78 is 20.1. The fourth-order valence-corrected chi connectivity index (χ4v) is 1.68. The van der Waals surface area contributed by atoms with Crippen LogP contribution in [0.3, 0.4) is 0 Å². The second-order valence-corrected chi connectivity index (χ2v) is 4.26. The Labute approximate surface area is 122 Å². The molecule has 0 bridgehead atoms. The SMILES string of the molecule is CCOCC(=O)OCC(=O)NCc1ccc2c(c1)OCO2. The van der Waals surface area contributed by atoms with Gasteiger partial charge in [0.25, 0.3) is 5.91 Å². The minimum atomic E-state index is -0.560. The van der Waals surface area contributed by atoms with Gasteiger partial charge in [-0.2, -0.15) is 0 Å². The van der Waals surface area contributed by atoms with E-state index in [1.165, 1.54) is 0 Å². The number of fused-ring (bicyclic) bond motifs is 1. The minimum absolute atomic E-state index is 0.147. The molecule has 114 valence electrons. The maximum Gasteiger partial charge on any atom is 0.332 e. The molecule has 0 radical (unpaired) electrons. The highest BCUT2D eigenvalue weighted by Gasteiger charge is 2.13. The van der Waals surface area contributed by atoms with Gasteiger partial charge >= 0.3 is 5.97 Å². The number of esters is 1. The van der Waals surface area contributed by atoms with Crippen molar-refractivity contribution in [1.29, 1.82) is 0 Å². The lowest BCUT2D eigenvalue weighted by molar-refractivity contribution is -0.152. The number of benzene rings is 1. The molecule has 0 aromatic heterocycles. The summed E-state index contributed by atoms with van der Waals surface area (Å²) in [5.74, 6) is 0.410. The summed E-state index contributed by atoms with van der Waals surface area (Å²) >= 11 is 0. The van der Waals surface area contributed by atoms with Crippen molar-refractivity contribution in [2.75, 3.05) is 26.6 Å². The Kier molecular flexibility index (Phi) is 5.39. The Morgan fingerprint density at radius 1 is 1.24 bits per heavy atom. The quantitative estimate of drug-likeness (QED) is 0.742. The molecule has 7 heteroatoms. The number of hydrogen-bond acceptors (Lipinski definition) is 6. The summed E-state index contributed by atoms with van der Waals surface area (Å²) in [5, 5.41) is 2.65. The molecule has 0 unspecified atom stereocenters. The molecule has 21 heavy (non-hydrogen) atoms. The first-order chi connectivity index (χ1) is 10.2. The molecule has 0 spiro atoms. The average Bonchev–Trinajstić information content (AvgIpc) is 2.96. The van der Waals surface area contributed by atoms with E-state index in [0.717, 1.165) is 5.56 Å². The van der Waals surface area contributed by atoms with E-state index in [0.29, 0.717) is 24.7 Å². The van der Waals surface area contributed by atoms with Crippen molar-refractivity contribution in [2.45, 2.75) is 13.5 Å². The highest BCUT2D eigenvalue weighted by Crippen LogP contribution is 2.32. The highest BCUT2D eigenvalue weighted by atomic mass is 16.7. The molecule has 1 heterocycles. The largest absolute Gasteiger partial charge is 0.454 e. The summed E-state index contributed by atoms with van der Waals surface area (Å²) in [6.07, 6.45) is 0. The van der Waals surface area contributed by atoms with E-state index in [-0.39, 0.29) is 25.9 Å². The predicted molar refractivity (Wildman–Crippen MR) is 71.9 cm³/mol. The Balaban J connectivity index is 1.70. The number of carbonyl (C=O) groups excluding carboxylic acids is 2. The zero-order valence-corrected chi connectivity index (χ0v) is 11.7. The molecule has 0 fully saturated rings. The third-order valence-electron chi connectivity index (χ3n) is 2.71. The first-order valence-electron chi connectivity index (χ1n) is 6.57. The van der Waals surface area contributed by atoms with Gasteiger partial charge in [0.05, 0.1) is 0 Å². The van der Waals surface area contributed by atoms with Crippen LogP contribution in [0.15, 0.2) is 18.2 Å². The van der Waals surface area contributed by atoms with Crippen LogP contribution in [0, 0.1) is 0 Å². The molecule has 1 aliphatic rings. The van der Waals surface area contributed by atoms with Crippen LogP contribution in [0.2, 0.25) is 0 Å². The first-order valence-corrected chi connectivity index (χ1v) is 6.57. The van der Waals surface area contributed by atoms with Gasteiger partial charge in [0, 0.05) is 13.2 Å². The molecular formula is C14H17NO6. The summed E-state index contributed by atoms with van der Waals surface area (Å²) in [6.45, 7) is 2.25. The lowest BCUT2D eigenvalue weighted by Gasteiger charge is -2.07. The smallest absolute Gasteiger partial charge is 0.332 e. The normalized spacial score (nSPS) is 12.0. The van der Waals surface area contributed by atoms with Gasteiger partial charge in [0.2, 0.25) is 6.79 Å². The molecule has 1 aromatic rings. The summed E-state index contributed by atoms with van der Waals surface area (Å²) in [5.41, 5.74) is 0.869. The van der Waals surface area contributed by atoms with Gasteiger partial charge in [-0.25, -0.2) is 4.79 Å². The van der Waals surface area contributed by atoms with Gasteiger partial charge in [0.15, 0.2) is 18.1 Å². The standard InChI is InChI=1S/C14H17NO6/c1-2-18-8-14(17)19-7-13(16)15-6-10-3-4-11-12(5-10)21-9-20-11/h3-5H,2,6-9H2,1H3,(H,15,16). The number of ether oxygens (including phenoxy) is 4. The summed E-state index contributed by atoms with van der Waals surface area (Å²) in [4.78, 5) is 22.7. The van der Waals surface area contributed by atoms with Crippen molar-refractivity contribution in [1.82, 2.24) is 5.32 Å². The maximum atomic E-state index is 11.5. The number of hydrogen-bond donors (Lipinski definition) is 1. The second kappa shape index (κ2) is 7.49. The molecule has 0 saturated heterocycles. The van der Waals surface area contributed by atoms with Crippen LogP contribution in [0.4, 0.5) is 0 Å². The van der Waals surface area contributed by atoms with Crippen LogP contribution < -0.4 is 14.8 Å². The molecule has 1 N–H and O–H groups in total. The lowest BCUT2D eigenvalue weighted by atomic mass is 10.2. The molecule has 1 aromatic carbocycles. The Hall–Kier alpha value is -2.28. The molecule has 0 saturated carbocycles. The van der Waals surface area contributed by atoms with Gasteiger partial charge in [0.1, 0.15) is 6.61 Å². The number of carbonyl (C=O) groups is 2. The molecule has 0 atom stereocenters. The van der Waals surface area contributed by atoms with Crippen LogP contribution in [0.1, 0.15) is 12.5 Å². The van der Waals surface area contributed by atoms with E-state index >= 15 is 0 Å². The van der Waals surface area contributed by atoms with Crippen molar-refractivity contribution < 1.29 is 28.5 Å². The molecule has 2 rings (SSSR count). The topological polar surface area (TPSA) is 83.1 Å². The van der Waals surface area contributed by atoms with Crippen LogP contribution in [0.25, 0.3) is 0 Å². The Morgan fingerprint density at radius 2 is 2.05 bits per heavy atom. The third-order valence-corrected chi connectivity index (χ3v) is 2.71. The number of rotatable bonds is 7. The molecule has 7 nitrogen and oxygen atoms in total. The van der Waals surface area contributed by atoms with Gasteiger partial charge in [-0.1, -0.05) is 6.07 Å². The molecular weight excluding hydrogens is 278 g/mol. The second-order valence-electron chi connectivity index (χ2n) is 4.26. The van der Waals surface area contributed by atoms with Crippen molar-refractivity contribution in [3.63, 3.8) is 0 Å². The Morgan fingerprint density at radius 3 is 2.86 bits per heavy atom.